The Balaban J connectivity index is 1.30. The average Bonchev–Trinajstić information content (AvgIpc) is 3.16. The van der Waals surface area contributed by atoms with Crippen LogP contribution >= 0.6 is 11.6 Å². The number of Topliss-reactive ketones (excluding diaryl/α,β-unsaturated/α-hetero) is 1. The average molecular weight is 409 g/mol. The second-order valence-electron chi connectivity index (χ2n) is 7.83. The SMILES string of the molecule is O=C1COc2ccc(C(=O)N3CCC(c4c[nH]c5ccc(Cl)cc45)CC3)cc2C1. The lowest BCUT2D eigenvalue weighted by atomic mass is 9.89. The van der Waals surface area contributed by atoms with Crippen LogP contribution in [0.15, 0.2) is 42.6 Å². The Bertz CT molecular complexity index is 1110. The van der Waals surface area contributed by atoms with E-state index < -0.39 is 0 Å². The number of ketones is 1. The molecule has 0 spiro atoms. The van der Waals surface area contributed by atoms with Crippen LogP contribution in [0.1, 0.15) is 40.2 Å². The fraction of sp³-hybridized carbons (Fsp3) is 0.304. The van der Waals surface area contributed by atoms with Crippen LogP contribution in [0, 0.1) is 0 Å². The highest BCUT2D eigenvalue weighted by Gasteiger charge is 2.27. The highest BCUT2D eigenvalue weighted by atomic mass is 35.5. The van der Waals surface area contributed by atoms with Gasteiger partial charge in [-0.15, -0.1) is 0 Å². The summed E-state index contributed by atoms with van der Waals surface area (Å²) in [5.41, 5.74) is 3.80. The molecule has 0 bridgehead atoms. The van der Waals surface area contributed by atoms with Gasteiger partial charge in [-0.2, -0.15) is 0 Å². The lowest BCUT2D eigenvalue weighted by Crippen LogP contribution is -2.38. The molecule has 2 aliphatic rings. The molecule has 3 heterocycles. The quantitative estimate of drug-likeness (QED) is 0.685. The maximum Gasteiger partial charge on any atom is 0.253 e. The number of fused-ring (bicyclic) bond motifs is 2. The number of aromatic amines is 1. The summed E-state index contributed by atoms with van der Waals surface area (Å²) < 4.78 is 5.43. The van der Waals surface area contributed by atoms with Crippen LogP contribution in [-0.4, -0.2) is 41.3 Å². The number of amides is 1. The Kier molecular flexibility index (Phi) is 4.55. The lowest BCUT2D eigenvalue weighted by Gasteiger charge is -2.32. The first-order valence-electron chi connectivity index (χ1n) is 9.92. The number of nitrogens with zero attached hydrogens (tertiary/aromatic N) is 1. The standard InChI is InChI=1S/C23H21ClN2O3/c24-17-2-3-21-19(11-17)20(12-25-21)14-5-7-26(8-6-14)23(28)15-1-4-22-16(9-15)10-18(27)13-29-22/h1-4,9,11-12,14,25H,5-8,10,13H2. The van der Waals surface area contributed by atoms with E-state index in [0.29, 0.717) is 36.7 Å². The maximum atomic E-state index is 13.0. The number of likely N-dealkylation sites (tertiary alicyclic amines) is 1. The summed E-state index contributed by atoms with van der Waals surface area (Å²) in [5, 5.41) is 1.91. The summed E-state index contributed by atoms with van der Waals surface area (Å²) in [6.07, 6.45) is 4.24. The normalized spacial score (nSPS) is 17.3. The molecule has 0 aliphatic carbocycles. The summed E-state index contributed by atoms with van der Waals surface area (Å²) in [7, 11) is 0. The number of aromatic nitrogens is 1. The number of rotatable bonds is 2. The van der Waals surface area contributed by atoms with Crippen molar-refractivity contribution in [2.24, 2.45) is 0 Å². The van der Waals surface area contributed by atoms with Gasteiger partial charge in [-0.1, -0.05) is 11.6 Å². The van der Waals surface area contributed by atoms with E-state index in [4.69, 9.17) is 16.3 Å². The molecule has 1 amide bonds. The molecule has 1 aromatic heterocycles. The van der Waals surface area contributed by atoms with Gasteiger partial charge in [0.1, 0.15) is 12.4 Å². The molecule has 1 N–H and O–H groups in total. The number of ether oxygens (including phenoxy) is 1. The van der Waals surface area contributed by atoms with Crippen molar-refractivity contribution in [3.8, 4) is 5.75 Å². The van der Waals surface area contributed by atoms with Gasteiger partial charge in [0, 0.05) is 52.8 Å². The van der Waals surface area contributed by atoms with Crippen molar-refractivity contribution >= 4 is 34.2 Å². The van der Waals surface area contributed by atoms with Gasteiger partial charge in [0.05, 0.1) is 0 Å². The maximum absolute atomic E-state index is 13.0. The molecule has 5 rings (SSSR count). The minimum absolute atomic E-state index is 0.0197. The number of carbonyl (C=O) groups is 2. The number of H-pyrrole nitrogens is 1. The van der Waals surface area contributed by atoms with Gasteiger partial charge in [0.25, 0.3) is 5.91 Å². The molecule has 0 unspecified atom stereocenters. The van der Waals surface area contributed by atoms with E-state index in [0.717, 1.165) is 28.9 Å². The van der Waals surface area contributed by atoms with E-state index in [2.05, 4.69) is 11.2 Å². The lowest BCUT2D eigenvalue weighted by molar-refractivity contribution is -0.121. The molecule has 0 saturated carbocycles. The number of hydrogen-bond acceptors (Lipinski definition) is 3. The molecule has 5 nitrogen and oxygen atoms in total. The van der Waals surface area contributed by atoms with E-state index in [1.165, 1.54) is 10.9 Å². The van der Waals surface area contributed by atoms with Crippen molar-refractivity contribution in [3.05, 3.63) is 64.3 Å². The smallest absolute Gasteiger partial charge is 0.253 e. The van der Waals surface area contributed by atoms with Gasteiger partial charge in [-0.25, -0.2) is 0 Å². The van der Waals surface area contributed by atoms with E-state index in [1.807, 2.05) is 29.2 Å². The van der Waals surface area contributed by atoms with Gasteiger partial charge in [-0.3, -0.25) is 9.59 Å². The van der Waals surface area contributed by atoms with Crippen molar-refractivity contribution < 1.29 is 14.3 Å². The zero-order chi connectivity index (χ0) is 20.0. The van der Waals surface area contributed by atoms with Crippen molar-refractivity contribution in [1.29, 1.82) is 0 Å². The first-order valence-corrected chi connectivity index (χ1v) is 10.3. The van der Waals surface area contributed by atoms with Gasteiger partial charge >= 0.3 is 0 Å². The topological polar surface area (TPSA) is 62.4 Å². The van der Waals surface area contributed by atoms with Gasteiger partial charge < -0.3 is 14.6 Å². The molecule has 1 fully saturated rings. The third-order valence-corrected chi connectivity index (χ3v) is 6.22. The van der Waals surface area contributed by atoms with Crippen LogP contribution in [0.5, 0.6) is 5.75 Å². The first-order chi connectivity index (χ1) is 14.1. The second kappa shape index (κ2) is 7.23. The molecular weight excluding hydrogens is 388 g/mol. The number of nitrogens with one attached hydrogen (secondary N) is 1. The number of hydrogen-bond donors (Lipinski definition) is 1. The van der Waals surface area contributed by atoms with Gasteiger partial charge in [0.15, 0.2) is 5.78 Å². The zero-order valence-electron chi connectivity index (χ0n) is 15.9. The molecule has 1 saturated heterocycles. The number of benzene rings is 2. The largest absolute Gasteiger partial charge is 0.486 e. The molecule has 29 heavy (non-hydrogen) atoms. The van der Waals surface area contributed by atoms with Crippen LogP contribution < -0.4 is 4.74 Å². The Hall–Kier alpha value is -2.79. The van der Waals surface area contributed by atoms with E-state index >= 15 is 0 Å². The van der Waals surface area contributed by atoms with Crippen molar-refractivity contribution in [2.45, 2.75) is 25.2 Å². The Labute approximate surface area is 173 Å². The van der Waals surface area contributed by atoms with Crippen LogP contribution in [0.4, 0.5) is 0 Å². The highest BCUT2D eigenvalue weighted by molar-refractivity contribution is 6.31. The summed E-state index contributed by atoms with van der Waals surface area (Å²) in [6, 6.07) is 11.3. The van der Waals surface area contributed by atoms with E-state index in [1.54, 1.807) is 12.1 Å². The van der Waals surface area contributed by atoms with Crippen molar-refractivity contribution in [3.63, 3.8) is 0 Å². The van der Waals surface area contributed by atoms with Gasteiger partial charge in [-0.05, 0) is 60.7 Å². The van der Waals surface area contributed by atoms with Crippen LogP contribution in [0.2, 0.25) is 5.02 Å². The number of carbonyl (C=O) groups excluding carboxylic acids is 2. The Morgan fingerprint density at radius 2 is 1.97 bits per heavy atom. The third kappa shape index (κ3) is 3.40. The summed E-state index contributed by atoms with van der Waals surface area (Å²) in [5.74, 6) is 1.17. The Morgan fingerprint density at radius 1 is 1.14 bits per heavy atom. The molecule has 148 valence electrons. The van der Waals surface area contributed by atoms with Gasteiger partial charge in [0.2, 0.25) is 0 Å². The third-order valence-electron chi connectivity index (χ3n) is 5.98. The molecule has 6 heteroatoms. The van der Waals surface area contributed by atoms with Crippen LogP contribution in [-0.2, 0) is 11.2 Å². The monoisotopic (exact) mass is 408 g/mol. The predicted molar refractivity (Wildman–Crippen MR) is 112 cm³/mol. The Morgan fingerprint density at radius 3 is 2.79 bits per heavy atom. The van der Waals surface area contributed by atoms with Crippen molar-refractivity contribution in [2.75, 3.05) is 19.7 Å². The van der Waals surface area contributed by atoms with E-state index in [-0.39, 0.29) is 18.3 Å². The summed E-state index contributed by atoms with van der Waals surface area (Å²) >= 11 is 6.18. The second-order valence-corrected chi connectivity index (χ2v) is 8.26. The minimum Gasteiger partial charge on any atom is -0.486 e. The number of piperidine rings is 1. The molecule has 2 aliphatic heterocycles. The van der Waals surface area contributed by atoms with Crippen LogP contribution in [0.25, 0.3) is 10.9 Å². The molecule has 2 aromatic carbocycles. The van der Waals surface area contributed by atoms with Crippen molar-refractivity contribution in [1.82, 2.24) is 9.88 Å². The van der Waals surface area contributed by atoms with E-state index in [9.17, 15) is 9.59 Å². The number of halogens is 1. The fourth-order valence-corrected chi connectivity index (χ4v) is 4.61. The molecule has 3 aromatic rings. The summed E-state index contributed by atoms with van der Waals surface area (Å²) in [4.78, 5) is 29.9. The minimum atomic E-state index is 0.0197. The molecule has 0 atom stereocenters. The predicted octanol–water partition coefficient (Wildman–Crippen LogP) is 4.35. The molecule has 0 radical (unpaired) electrons. The summed E-state index contributed by atoms with van der Waals surface area (Å²) in [6.45, 7) is 1.54. The zero-order valence-corrected chi connectivity index (χ0v) is 16.7. The highest BCUT2D eigenvalue weighted by Crippen LogP contribution is 2.35. The fourth-order valence-electron chi connectivity index (χ4n) is 4.44. The molecular formula is C23H21ClN2O3. The first kappa shape index (κ1) is 18.3. The van der Waals surface area contributed by atoms with Crippen LogP contribution in [0.3, 0.4) is 0 Å².